The Morgan fingerprint density at radius 1 is 1.19 bits per heavy atom. The molecule has 0 radical (unpaired) electrons. The Bertz CT molecular complexity index is 750. The largest absolute Gasteiger partial charge is 0.464 e. The summed E-state index contributed by atoms with van der Waals surface area (Å²) in [5, 5.41) is 0. The van der Waals surface area contributed by atoms with Gasteiger partial charge in [-0.25, -0.2) is 0 Å². The molecule has 3 rings (SSSR count). The van der Waals surface area contributed by atoms with Gasteiger partial charge < -0.3 is 13.7 Å². The van der Waals surface area contributed by atoms with Crippen molar-refractivity contribution in [3.8, 4) is 0 Å². The first-order valence-corrected chi connectivity index (χ1v) is 14.4. The lowest BCUT2D eigenvalue weighted by atomic mass is 9.65. The summed E-state index contributed by atoms with van der Waals surface area (Å²) in [7, 11) is -1.30. The first-order valence-electron chi connectivity index (χ1n) is 12.0. The Morgan fingerprint density at radius 2 is 1.91 bits per heavy atom. The van der Waals surface area contributed by atoms with Crippen LogP contribution in [0.15, 0.2) is 23.8 Å². The average Bonchev–Trinajstić information content (AvgIpc) is 2.66. The van der Waals surface area contributed by atoms with Gasteiger partial charge in [-0.1, -0.05) is 52.8 Å². The van der Waals surface area contributed by atoms with Crippen molar-refractivity contribution >= 4 is 22.8 Å². The fourth-order valence-electron chi connectivity index (χ4n) is 5.27. The highest BCUT2D eigenvalue weighted by Gasteiger charge is 2.42. The smallest absolute Gasteiger partial charge is 0.308 e. The maximum atomic E-state index is 12.4. The first-order chi connectivity index (χ1) is 14.9. The molecule has 0 aromatic rings. The minimum Gasteiger partial charge on any atom is -0.464 e. The number of hydrogen-bond donors (Lipinski definition) is 0. The molecule has 5 nitrogen and oxygen atoms in total. The minimum absolute atomic E-state index is 0.0577. The Balaban J connectivity index is 1.68. The molecule has 7 atom stereocenters. The second kappa shape index (κ2) is 9.92. The van der Waals surface area contributed by atoms with Gasteiger partial charge in [0.05, 0.1) is 12.5 Å². The third kappa shape index (κ3) is 5.80. The van der Waals surface area contributed by atoms with E-state index in [1.54, 1.807) is 0 Å². The van der Waals surface area contributed by atoms with Gasteiger partial charge in [-0.2, -0.15) is 0 Å². The molecule has 0 aromatic heterocycles. The van der Waals surface area contributed by atoms with Gasteiger partial charge in [-0.15, -0.1) is 10.3 Å². The summed E-state index contributed by atoms with van der Waals surface area (Å²) in [5.41, 5.74) is 1.29. The van der Waals surface area contributed by atoms with Crippen molar-refractivity contribution in [3.05, 3.63) is 23.8 Å². The van der Waals surface area contributed by atoms with E-state index in [2.05, 4.69) is 65.4 Å². The van der Waals surface area contributed by atoms with Crippen LogP contribution in [0.1, 0.15) is 66.7 Å². The Labute approximate surface area is 195 Å². The maximum Gasteiger partial charge on any atom is 0.308 e. The molecular weight excluding hydrogens is 424 g/mol. The van der Waals surface area contributed by atoms with Crippen molar-refractivity contribution in [1.82, 2.24) is 0 Å². The van der Waals surface area contributed by atoms with E-state index < -0.39 is 10.3 Å². The van der Waals surface area contributed by atoms with Gasteiger partial charge in [-0.05, 0) is 55.1 Å². The average molecular weight is 467 g/mol. The van der Waals surface area contributed by atoms with Gasteiger partial charge in [0.2, 0.25) is 0 Å². The molecule has 1 heterocycles. The SMILES string of the molecule is C[C@H]1C=C2C=C[C@H](C)[C@H](CC[C@@H]3C[C@@H](OS(C)(C)C(C)(C)C)CC(=O)O3)[C@H]2[C@@H](OC=O)C1. The number of cyclic esters (lactones) is 1. The Morgan fingerprint density at radius 3 is 2.56 bits per heavy atom. The zero-order chi connectivity index (χ0) is 23.7. The molecule has 2 aliphatic carbocycles. The molecule has 6 heteroatoms. The van der Waals surface area contributed by atoms with Crippen molar-refractivity contribution in [2.75, 3.05) is 12.5 Å². The predicted molar refractivity (Wildman–Crippen MR) is 130 cm³/mol. The molecule has 0 N–H and O–H groups in total. The summed E-state index contributed by atoms with van der Waals surface area (Å²) < 4.78 is 17.9. The molecule has 0 saturated carbocycles. The van der Waals surface area contributed by atoms with Crippen molar-refractivity contribution < 1.29 is 23.2 Å². The van der Waals surface area contributed by atoms with Crippen LogP contribution in [0.25, 0.3) is 0 Å². The topological polar surface area (TPSA) is 61.8 Å². The number of hydrogen-bond acceptors (Lipinski definition) is 5. The van der Waals surface area contributed by atoms with E-state index in [0.717, 1.165) is 25.7 Å². The second-order valence-electron chi connectivity index (χ2n) is 11.3. The van der Waals surface area contributed by atoms with Crippen LogP contribution < -0.4 is 0 Å². The van der Waals surface area contributed by atoms with Crippen molar-refractivity contribution in [2.24, 2.45) is 23.7 Å². The van der Waals surface area contributed by atoms with Crippen LogP contribution in [0.4, 0.5) is 0 Å². The summed E-state index contributed by atoms with van der Waals surface area (Å²) in [4.78, 5) is 23.5. The predicted octanol–water partition coefficient (Wildman–Crippen LogP) is 5.58. The normalized spacial score (nSPS) is 36.0. The number of allylic oxidation sites excluding steroid dienone is 3. The van der Waals surface area contributed by atoms with Crippen LogP contribution in [0, 0.1) is 23.7 Å². The third-order valence-corrected chi connectivity index (χ3v) is 11.4. The van der Waals surface area contributed by atoms with Gasteiger partial charge in [0, 0.05) is 17.1 Å². The summed E-state index contributed by atoms with van der Waals surface area (Å²) in [6.45, 7) is 11.6. The fraction of sp³-hybridized carbons (Fsp3) is 0.769. The second-order valence-corrected chi connectivity index (χ2v) is 15.1. The van der Waals surface area contributed by atoms with Gasteiger partial charge in [0.25, 0.3) is 6.47 Å². The number of carbonyl (C=O) groups excluding carboxylic acids is 2. The molecule has 1 fully saturated rings. The monoisotopic (exact) mass is 466 g/mol. The Kier molecular flexibility index (Phi) is 7.86. The first kappa shape index (κ1) is 25.4. The van der Waals surface area contributed by atoms with E-state index in [0.29, 0.717) is 30.6 Å². The Hall–Kier alpha value is -1.27. The lowest BCUT2D eigenvalue weighted by Gasteiger charge is -2.47. The molecule has 0 aromatic carbocycles. The quantitative estimate of drug-likeness (QED) is 0.362. The fourth-order valence-corrected chi connectivity index (χ4v) is 6.38. The standard InChI is InChI=1S/C26H42O5S/c1-17-12-19-9-8-18(2)22(25(19)23(13-17)29-16-27)11-10-20-14-21(15-24(28)30-20)31-32(6,7)26(3,4)5/h8-9,12,16-18,20-23,25H,10-11,13-15H2,1-7H3/t17-,18-,20+,21+,22-,23-,25-/m0/s1. The van der Waals surface area contributed by atoms with E-state index in [1.165, 1.54) is 5.57 Å². The van der Waals surface area contributed by atoms with Crippen LogP contribution in [-0.4, -0.2) is 48.0 Å². The molecule has 0 amide bonds. The third-order valence-electron chi connectivity index (χ3n) is 7.72. The highest BCUT2D eigenvalue weighted by atomic mass is 32.3. The van der Waals surface area contributed by atoms with Gasteiger partial charge >= 0.3 is 5.97 Å². The number of esters is 1. The van der Waals surface area contributed by atoms with Gasteiger partial charge in [0.15, 0.2) is 0 Å². The summed E-state index contributed by atoms with van der Waals surface area (Å²) >= 11 is 0. The molecule has 32 heavy (non-hydrogen) atoms. The van der Waals surface area contributed by atoms with E-state index in [4.69, 9.17) is 13.7 Å². The number of rotatable bonds is 7. The highest BCUT2D eigenvalue weighted by Crippen LogP contribution is 2.55. The van der Waals surface area contributed by atoms with Crippen molar-refractivity contribution in [2.45, 2.75) is 89.8 Å². The van der Waals surface area contributed by atoms with E-state index in [9.17, 15) is 9.59 Å². The van der Waals surface area contributed by atoms with Crippen LogP contribution in [-0.2, 0) is 23.2 Å². The van der Waals surface area contributed by atoms with Gasteiger partial charge in [-0.3, -0.25) is 9.59 Å². The molecule has 182 valence electrons. The number of ether oxygens (including phenoxy) is 2. The summed E-state index contributed by atoms with van der Waals surface area (Å²) in [6.07, 6.45) is 14.6. The van der Waals surface area contributed by atoms with Crippen LogP contribution in [0.3, 0.4) is 0 Å². The van der Waals surface area contributed by atoms with E-state index in [1.807, 2.05) is 0 Å². The van der Waals surface area contributed by atoms with E-state index in [-0.39, 0.29) is 34.9 Å². The zero-order valence-corrected chi connectivity index (χ0v) is 21.7. The molecule has 3 aliphatic rings. The van der Waals surface area contributed by atoms with E-state index >= 15 is 0 Å². The molecular formula is C26H42O5S. The lowest BCUT2D eigenvalue weighted by Crippen LogP contribution is -2.41. The minimum atomic E-state index is -1.30. The van der Waals surface area contributed by atoms with Crippen molar-refractivity contribution in [3.63, 3.8) is 0 Å². The molecule has 1 aliphatic heterocycles. The number of fused-ring (bicyclic) bond motifs is 1. The summed E-state index contributed by atoms with van der Waals surface area (Å²) in [6, 6.07) is 0. The molecule has 0 unspecified atom stereocenters. The van der Waals surface area contributed by atoms with Gasteiger partial charge in [0.1, 0.15) is 12.2 Å². The molecule has 0 spiro atoms. The lowest BCUT2D eigenvalue weighted by molar-refractivity contribution is -0.159. The summed E-state index contributed by atoms with van der Waals surface area (Å²) in [5.74, 6) is 1.21. The van der Waals surface area contributed by atoms with Crippen LogP contribution in [0.5, 0.6) is 0 Å². The van der Waals surface area contributed by atoms with Crippen molar-refractivity contribution in [1.29, 1.82) is 0 Å². The molecule has 1 saturated heterocycles. The van der Waals surface area contributed by atoms with Crippen LogP contribution in [0.2, 0.25) is 0 Å². The van der Waals surface area contributed by atoms with Crippen LogP contribution >= 0.6 is 10.3 Å². The number of carbonyl (C=O) groups is 2. The zero-order valence-electron chi connectivity index (χ0n) is 20.8. The maximum absolute atomic E-state index is 12.4. The molecule has 0 bridgehead atoms. The highest BCUT2D eigenvalue weighted by molar-refractivity contribution is 8.29.